The first kappa shape index (κ1) is 14.1. The van der Waals surface area contributed by atoms with Gasteiger partial charge in [0, 0.05) is 44.0 Å². The molecule has 5 heteroatoms. The van der Waals surface area contributed by atoms with E-state index < -0.39 is 0 Å². The van der Waals surface area contributed by atoms with Crippen LogP contribution in [0.15, 0.2) is 0 Å². The highest BCUT2D eigenvalue weighted by molar-refractivity contribution is 5.84. The van der Waals surface area contributed by atoms with Crippen molar-refractivity contribution in [3.63, 3.8) is 0 Å². The Kier molecular flexibility index (Phi) is 3.94. The molecule has 5 nitrogen and oxygen atoms in total. The Labute approximate surface area is 115 Å². The number of hydrogen-bond acceptors (Lipinski definition) is 3. The molecule has 1 amide bonds. The molecular weight excluding hydrogens is 240 g/mol. The summed E-state index contributed by atoms with van der Waals surface area (Å²) in [6.45, 7) is 10.7. The van der Waals surface area contributed by atoms with Crippen LogP contribution < -0.4 is 5.32 Å². The maximum atomic E-state index is 12.7. The number of carbonyl (C=O) groups is 1. The molecule has 19 heavy (non-hydrogen) atoms. The van der Waals surface area contributed by atoms with E-state index in [1.807, 2.05) is 37.4 Å². The van der Waals surface area contributed by atoms with Gasteiger partial charge in [-0.2, -0.15) is 5.10 Å². The van der Waals surface area contributed by atoms with E-state index in [0.29, 0.717) is 0 Å². The fourth-order valence-electron chi connectivity index (χ4n) is 2.96. The van der Waals surface area contributed by atoms with Crippen molar-refractivity contribution < 1.29 is 4.79 Å². The zero-order valence-electron chi connectivity index (χ0n) is 12.5. The van der Waals surface area contributed by atoms with E-state index in [-0.39, 0.29) is 17.9 Å². The molecule has 106 valence electrons. The lowest BCUT2D eigenvalue weighted by Gasteiger charge is -2.35. The van der Waals surface area contributed by atoms with Gasteiger partial charge in [0.2, 0.25) is 5.91 Å². The number of hydrogen-bond donors (Lipinski definition) is 1. The van der Waals surface area contributed by atoms with Crippen LogP contribution >= 0.6 is 0 Å². The minimum absolute atomic E-state index is 0.116. The minimum Gasteiger partial charge on any atom is -0.337 e. The lowest BCUT2D eigenvalue weighted by Crippen LogP contribution is -2.53. The number of carbonyl (C=O) groups excluding carboxylic acids is 1. The highest BCUT2D eigenvalue weighted by Crippen LogP contribution is 2.25. The van der Waals surface area contributed by atoms with Gasteiger partial charge in [0.1, 0.15) is 0 Å². The molecule has 1 aliphatic heterocycles. The van der Waals surface area contributed by atoms with Gasteiger partial charge in [-0.1, -0.05) is 0 Å². The average Bonchev–Trinajstić information content (AvgIpc) is 2.62. The Morgan fingerprint density at radius 2 is 2.16 bits per heavy atom. The Hall–Kier alpha value is -1.36. The molecule has 0 spiro atoms. The normalized spacial score (nSPS) is 21.5. The smallest absolute Gasteiger partial charge is 0.230 e. The van der Waals surface area contributed by atoms with Crippen molar-refractivity contribution in [2.75, 3.05) is 19.6 Å². The van der Waals surface area contributed by atoms with Crippen molar-refractivity contribution in [2.45, 2.75) is 39.7 Å². The summed E-state index contributed by atoms with van der Waals surface area (Å²) in [7, 11) is 1.93. The Morgan fingerprint density at radius 3 is 2.68 bits per heavy atom. The summed E-state index contributed by atoms with van der Waals surface area (Å²) in [5.74, 6) is 0.0995. The van der Waals surface area contributed by atoms with Crippen molar-refractivity contribution in [2.24, 2.45) is 7.05 Å². The van der Waals surface area contributed by atoms with Crippen LogP contribution in [0.1, 0.15) is 36.7 Å². The summed E-state index contributed by atoms with van der Waals surface area (Å²) in [5, 5.41) is 7.73. The molecule has 0 aromatic carbocycles. The first-order valence-electron chi connectivity index (χ1n) is 6.94. The quantitative estimate of drug-likeness (QED) is 0.865. The van der Waals surface area contributed by atoms with Gasteiger partial charge in [0.25, 0.3) is 0 Å². The van der Waals surface area contributed by atoms with Gasteiger partial charge in [-0.05, 0) is 27.7 Å². The second kappa shape index (κ2) is 5.33. The molecule has 1 aromatic heterocycles. The summed E-state index contributed by atoms with van der Waals surface area (Å²) in [6, 6.07) is 0.265. The van der Waals surface area contributed by atoms with Gasteiger partial charge in [0.15, 0.2) is 0 Å². The fraction of sp³-hybridized carbons (Fsp3) is 0.714. The largest absolute Gasteiger partial charge is 0.337 e. The number of aryl methyl sites for hydroxylation is 2. The summed E-state index contributed by atoms with van der Waals surface area (Å²) < 4.78 is 1.86. The highest BCUT2D eigenvalue weighted by Gasteiger charge is 2.30. The highest BCUT2D eigenvalue weighted by atomic mass is 16.2. The monoisotopic (exact) mass is 264 g/mol. The molecule has 0 radical (unpaired) electrons. The van der Waals surface area contributed by atoms with Crippen molar-refractivity contribution in [3.8, 4) is 0 Å². The molecule has 0 bridgehead atoms. The fourth-order valence-corrected chi connectivity index (χ4v) is 2.96. The van der Waals surface area contributed by atoms with E-state index >= 15 is 0 Å². The Balaban J connectivity index is 2.23. The van der Waals surface area contributed by atoms with Crippen LogP contribution in [-0.4, -0.2) is 46.3 Å². The molecular formula is C14H24N4O. The molecule has 1 aromatic rings. The van der Waals surface area contributed by atoms with Gasteiger partial charge in [-0.3, -0.25) is 9.48 Å². The van der Waals surface area contributed by atoms with Crippen molar-refractivity contribution in [1.82, 2.24) is 20.0 Å². The van der Waals surface area contributed by atoms with Crippen LogP contribution in [-0.2, 0) is 11.8 Å². The van der Waals surface area contributed by atoms with Crippen LogP contribution in [0.2, 0.25) is 0 Å². The second-order valence-corrected chi connectivity index (χ2v) is 5.51. The van der Waals surface area contributed by atoms with Crippen LogP contribution in [0.3, 0.4) is 0 Å². The third-order valence-corrected chi connectivity index (χ3v) is 4.15. The maximum Gasteiger partial charge on any atom is 0.230 e. The first-order valence-corrected chi connectivity index (χ1v) is 6.94. The summed E-state index contributed by atoms with van der Waals surface area (Å²) in [6.07, 6.45) is 0. The van der Waals surface area contributed by atoms with Gasteiger partial charge in [0.05, 0.1) is 11.6 Å². The van der Waals surface area contributed by atoms with E-state index in [9.17, 15) is 4.79 Å². The lowest BCUT2D eigenvalue weighted by molar-refractivity contribution is -0.135. The maximum absolute atomic E-state index is 12.7. The van der Waals surface area contributed by atoms with Crippen LogP contribution in [0.25, 0.3) is 0 Å². The number of amides is 1. The second-order valence-electron chi connectivity index (χ2n) is 5.51. The number of nitrogens with one attached hydrogen (secondary N) is 1. The topological polar surface area (TPSA) is 50.2 Å². The van der Waals surface area contributed by atoms with E-state index in [0.717, 1.165) is 36.6 Å². The third kappa shape index (κ3) is 2.52. The molecule has 1 fully saturated rings. The van der Waals surface area contributed by atoms with Crippen molar-refractivity contribution in [3.05, 3.63) is 17.0 Å². The molecule has 1 saturated heterocycles. The van der Waals surface area contributed by atoms with Crippen molar-refractivity contribution >= 4 is 5.91 Å². The number of piperazine rings is 1. The lowest BCUT2D eigenvalue weighted by atomic mass is 9.96. The number of nitrogens with zero attached hydrogens (tertiary/aromatic N) is 3. The van der Waals surface area contributed by atoms with E-state index in [2.05, 4.69) is 17.3 Å². The third-order valence-electron chi connectivity index (χ3n) is 4.15. The van der Waals surface area contributed by atoms with E-state index in [4.69, 9.17) is 0 Å². The number of aromatic nitrogens is 2. The molecule has 0 aliphatic carbocycles. The zero-order chi connectivity index (χ0) is 14.2. The van der Waals surface area contributed by atoms with E-state index in [1.54, 1.807) is 0 Å². The SMILES string of the molecule is Cc1nn(C)c(C)c1C(C)C(=O)N1CCNC[C@@H]1C. The standard InChI is InChI=1S/C14H24N4O/c1-9-8-15-6-7-18(9)14(19)10(2)13-11(3)16-17(5)12(13)4/h9-10,15H,6-8H2,1-5H3/t9-,10?/m0/s1. The van der Waals surface area contributed by atoms with Crippen LogP contribution in [0.4, 0.5) is 0 Å². The number of rotatable bonds is 2. The Bertz CT molecular complexity index is 480. The average molecular weight is 264 g/mol. The van der Waals surface area contributed by atoms with Crippen molar-refractivity contribution in [1.29, 1.82) is 0 Å². The molecule has 2 heterocycles. The Morgan fingerprint density at radius 1 is 1.47 bits per heavy atom. The molecule has 0 saturated carbocycles. The molecule has 1 aliphatic rings. The van der Waals surface area contributed by atoms with Gasteiger partial charge < -0.3 is 10.2 Å². The molecule has 1 unspecified atom stereocenters. The van der Waals surface area contributed by atoms with Crippen LogP contribution in [0, 0.1) is 13.8 Å². The first-order chi connectivity index (χ1) is 8.93. The molecule has 1 N–H and O–H groups in total. The van der Waals surface area contributed by atoms with E-state index in [1.165, 1.54) is 0 Å². The molecule has 2 atom stereocenters. The van der Waals surface area contributed by atoms with Gasteiger partial charge in [-0.25, -0.2) is 0 Å². The summed E-state index contributed by atoms with van der Waals surface area (Å²) >= 11 is 0. The van der Waals surface area contributed by atoms with Gasteiger partial charge in [-0.15, -0.1) is 0 Å². The predicted octanol–water partition coefficient (Wildman–Crippen LogP) is 0.961. The molecule has 2 rings (SSSR count). The zero-order valence-corrected chi connectivity index (χ0v) is 12.5. The van der Waals surface area contributed by atoms with Crippen LogP contribution in [0.5, 0.6) is 0 Å². The summed E-state index contributed by atoms with van der Waals surface area (Å²) in [4.78, 5) is 14.7. The minimum atomic E-state index is -0.116. The summed E-state index contributed by atoms with van der Waals surface area (Å²) in [5.41, 5.74) is 3.13. The van der Waals surface area contributed by atoms with Gasteiger partial charge >= 0.3 is 0 Å². The predicted molar refractivity (Wildman–Crippen MR) is 75.1 cm³/mol.